The van der Waals surface area contributed by atoms with Crippen LogP contribution in [0.25, 0.3) is 0 Å². The number of nitrogens with one attached hydrogen (secondary N) is 1. The van der Waals surface area contributed by atoms with E-state index in [4.69, 9.17) is 4.98 Å². The zero-order chi connectivity index (χ0) is 12.8. The zero-order valence-corrected chi connectivity index (χ0v) is 11.4. The molecule has 0 aliphatic carbocycles. The molecule has 18 heavy (non-hydrogen) atoms. The van der Waals surface area contributed by atoms with Crippen molar-refractivity contribution < 1.29 is 0 Å². The van der Waals surface area contributed by atoms with Gasteiger partial charge in [0.2, 0.25) is 0 Å². The molecule has 0 spiro atoms. The second kappa shape index (κ2) is 6.55. The van der Waals surface area contributed by atoms with E-state index < -0.39 is 0 Å². The van der Waals surface area contributed by atoms with E-state index in [1.165, 1.54) is 12.0 Å². The Kier molecular flexibility index (Phi) is 4.76. The van der Waals surface area contributed by atoms with Gasteiger partial charge in [0.1, 0.15) is 5.82 Å². The molecule has 0 bridgehead atoms. The molecule has 98 valence electrons. The van der Waals surface area contributed by atoms with Gasteiger partial charge in [0.25, 0.3) is 0 Å². The van der Waals surface area contributed by atoms with E-state index in [1.54, 1.807) is 0 Å². The highest BCUT2D eigenvalue weighted by Gasteiger charge is 2.10. The van der Waals surface area contributed by atoms with E-state index in [-0.39, 0.29) is 0 Å². The molecule has 0 fully saturated rings. The number of nitrogens with zero attached hydrogens (tertiary/aromatic N) is 2. The van der Waals surface area contributed by atoms with Gasteiger partial charge in [-0.2, -0.15) is 0 Å². The summed E-state index contributed by atoms with van der Waals surface area (Å²) < 4.78 is 0. The lowest BCUT2D eigenvalue weighted by molar-refractivity contribution is 0.670. The highest BCUT2D eigenvalue weighted by atomic mass is 15.2. The van der Waals surface area contributed by atoms with Gasteiger partial charge in [-0.15, -0.1) is 0 Å². The van der Waals surface area contributed by atoms with Crippen LogP contribution in [0.3, 0.4) is 0 Å². The maximum Gasteiger partial charge on any atom is 0.129 e. The van der Waals surface area contributed by atoms with Crippen LogP contribution in [0.1, 0.15) is 31.0 Å². The number of rotatable bonds is 5. The third kappa shape index (κ3) is 3.33. The van der Waals surface area contributed by atoms with Gasteiger partial charge in [-0.3, -0.25) is 0 Å². The van der Waals surface area contributed by atoms with E-state index in [0.29, 0.717) is 0 Å². The van der Waals surface area contributed by atoms with Gasteiger partial charge in [-0.25, -0.2) is 4.98 Å². The highest BCUT2D eigenvalue weighted by Crippen LogP contribution is 2.17. The summed E-state index contributed by atoms with van der Waals surface area (Å²) in [6, 6.07) is 4.35. The third-order valence-corrected chi connectivity index (χ3v) is 3.30. The number of hydrogen-bond donors (Lipinski definition) is 1. The molecule has 2 heterocycles. The number of anilines is 1. The molecule has 1 aromatic rings. The Morgan fingerprint density at radius 1 is 1.33 bits per heavy atom. The molecule has 0 unspecified atom stereocenters. The van der Waals surface area contributed by atoms with Crippen molar-refractivity contribution in [2.45, 2.75) is 33.2 Å². The fourth-order valence-electron chi connectivity index (χ4n) is 2.19. The minimum Gasteiger partial charge on any atom is -0.353 e. The summed E-state index contributed by atoms with van der Waals surface area (Å²) in [6.07, 6.45) is 6.76. The standard InChI is InChI=1S/C15H23N3/c1-3-9-16-12-14-7-8-15(17-13(14)2)18-10-5-4-6-11-18/h4-5,7-8,16H,3,6,9-12H2,1-2H3. The molecule has 0 amide bonds. The van der Waals surface area contributed by atoms with Crippen LogP contribution in [-0.2, 0) is 6.54 Å². The van der Waals surface area contributed by atoms with E-state index in [2.05, 4.69) is 48.3 Å². The molecule has 1 aromatic heterocycles. The van der Waals surface area contributed by atoms with Crippen molar-refractivity contribution in [1.82, 2.24) is 10.3 Å². The molecule has 1 aliphatic rings. The molecule has 0 atom stereocenters. The fourth-order valence-corrected chi connectivity index (χ4v) is 2.19. The monoisotopic (exact) mass is 245 g/mol. The summed E-state index contributed by atoms with van der Waals surface area (Å²) in [6.45, 7) is 8.35. The van der Waals surface area contributed by atoms with Gasteiger partial charge in [0.05, 0.1) is 0 Å². The van der Waals surface area contributed by atoms with Crippen LogP contribution in [0, 0.1) is 6.92 Å². The summed E-state index contributed by atoms with van der Waals surface area (Å²) in [5.41, 5.74) is 2.45. The lowest BCUT2D eigenvalue weighted by Crippen LogP contribution is -2.28. The first-order valence-corrected chi connectivity index (χ1v) is 6.88. The molecular weight excluding hydrogens is 222 g/mol. The van der Waals surface area contributed by atoms with E-state index >= 15 is 0 Å². The van der Waals surface area contributed by atoms with E-state index in [9.17, 15) is 0 Å². The van der Waals surface area contributed by atoms with Crippen molar-refractivity contribution in [1.29, 1.82) is 0 Å². The number of aromatic nitrogens is 1. The predicted octanol–water partition coefficient (Wildman–Crippen LogP) is 2.66. The van der Waals surface area contributed by atoms with Gasteiger partial charge in [-0.1, -0.05) is 25.1 Å². The molecule has 0 saturated carbocycles. The van der Waals surface area contributed by atoms with Crippen molar-refractivity contribution in [3.8, 4) is 0 Å². The van der Waals surface area contributed by atoms with Crippen molar-refractivity contribution in [2.24, 2.45) is 0 Å². The van der Waals surface area contributed by atoms with Crippen LogP contribution in [0.4, 0.5) is 5.82 Å². The second-order valence-electron chi connectivity index (χ2n) is 4.80. The van der Waals surface area contributed by atoms with Gasteiger partial charge in [-0.05, 0) is 37.9 Å². The lowest BCUT2D eigenvalue weighted by atomic mass is 10.2. The minimum atomic E-state index is 0.923. The Morgan fingerprint density at radius 3 is 2.89 bits per heavy atom. The average molecular weight is 245 g/mol. The normalized spacial score (nSPS) is 15.1. The van der Waals surface area contributed by atoms with Crippen molar-refractivity contribution in [3.63, 3.8) is 0 Å². The third-order valence-electron chi connectivity index (χ3n) is 3.30. The quantitative estimate of drug-likeness (QED) is 0.638. The smallest absolute Gasteiger partial charge is 0.129 e. The van der Waals surface area contributed by atoms with Gasteiger partial charge in [0.15, 0.2) is 0 Å². The first-order valence-electron chi connectivity index (χ1n) is 6.88. The lowest BCUT2D eigenvalue weighted by Gasteiger charge is -2.25. The number of aryl methyl sites for hydroxylation is 1. The minimum absolute atomic E-state index is 0.923. The Labute approximate surface area is 110 Å². The largest absolute Gasteiger partial charge is 0.353 e. The first kappa shape index (κ1) is 13.1. The Balaban J connectivity index is 2.02. The molecule has 0 radical (unpaired) electrons. The molecular formula is C15H23N3. The first-order chi connectivity index (χ1) is 8.81. The number of hydrogen-bond acceptors (Lipinski definition) is 3. The summed E-state index contributed by atoms with van der Waals surface area (Å²) in [5, 5.41) is 3.43. The summed E-state index contributed by atoms with van der Waals surface area (Å²) in [5.74, 6) is 1.11. The van der Waals surface area contributed by atoms with Crippen LogP contribution in [0.15, 0.2) is 24.3 Å². The van der Waals surface area contributed by atoms with E-state index in [1.807, 2.05) is 0 Å². The Morgan fingerprint density at radius 2 is 2.22 bits per heavy atom. The van der Waals surface area contributed by atoms with Gasteiger partial charge < -0.3 is 10.2 Å². The van der Waals surface area contributed by atoms with Crippen LogP contribution in [0.2, 0.25) is 0 Å². The Hall–Kier alpha value is -1.35. The maximum atomic E-state index is 4.73. The molecule has 1 aliphatic heterocycles. The van der Waals surface area contributed by atoms with Crippen molar-refractivity contribution in [2.75, 3.05) is 24.5 Å². The predicted molar refractivity (Wildman–Crippen MR) is 76.9 cm³/mol. The molecule has 3 nitrogen and oxygen atoms in total. The van der Waals surface area contributed by atoms with Crippen LogP contribution in [0.5, 0.6) is 0 Å². The van der Waals surface area contributed by atoms with Crippen LogP contribution >= 0.6 is 0 Å². The summed E-state index contributed by atoms with van der Waals surface area (Å²) in [4.78, 5) is 7.06. The fraction of sp³-hybridized carbons (Fsp3) is 0.533. The van der Waals surface area contributed by atoms with Crippen LogP contribution < -0.4 is 10.2 Å². The summed E-state index contributed by atoms with van der Waals surface area (Å²) >= 11 is 0. The van der Waals surface area contributed by atoms with Gasteiger partial charge in [0, 0.05) is 25.3 Å². The average Bonchev–Trinajstić information content (AvgIpc) is 2.42. The molecule has 1 N–H and O–H groups in total. The van der Waals surface area contributed by atoms with Gasteiger partial charge >= 0.3 is 0 Å². The van der Waals surface area contributed by atoms with Crippen molar-refractivity contribution in [3.05, 3.63) is 35.5 Å². The number of pyridine rings is 1. The van der Waals surface area contributed by atoms with E-state index in [0.717, 1.165) is 44.1 Å². The summed E-state index contributed by atoms with van der Waals surface area (Å²) in [7, 11) is 0. The van der Waals surface area contributed by atoms with Crippen molar-refractivity contribution >= 4 is 5.82 Å². The Bertz CT molecular complexity index is 412. The maximum absolute atomic E-state index is 4.73. The second-order valence-corrected chi connectivity index (χ2v) is 4.80. The zero-order valence-electron chi connectivity index (χ0n) is 11.4. The molecule has 2 rings (SSSR count). The topological polar surface area (TPSA) is 28.2 Å². The highest BCUT2D eigenvalue weighted by molar-refractivity contribution is 5.43. The molecule has 3 heteroatoms. The molecule has 0 saturated heterocycles. The SMILES string of the molecule is CCCNCc1ccc(N2CC=CCC2)nc1C. The van der Waals surface area contributed by atoms with Crippen LogP contribution in [-0.4, -0.2) is 24.6 Å². The molecule has 0 aromatic carbocycles.